The average Bonchev–Trinajstić information content (AvgIpc) is 2.47. The summed E-state index contributed by atoms with van der Waals surface area (Å²) in [5.41, 5.74) is 9.90. The van der Waals surface area contributed by atoms with Crippen molar-refractivity contribution < 1.29 is 9.47 Å². The van der Waals surface area contributed by atoms with Crippen LogP contribution in [0.2, 0.25) is 0 Å². The van der Waals surface area contributed by atoms with Crippen LogP contribution in [0, 0.1) is 19.8 Å². The topological polar surface area (TPSA) is 44.5 Å². The molecule has 1 unspecified atom stereocenters. The molecule has 2 rings (SSSR count). The average molecular weight is 291 g/mol. The second-order valence-corrected chi connectivity index (χ2v) is 6.63. The standard InChI is InChI=1S/C18H29NO2/c1-12-6-8-18(21-5,9-7-12)17(19)16-14(3)10-13(2)11-15(16)20-4/h10-12,17H,6-9,19H2,1-5H3. The van der Waals surface area contributed by atoms with Crippen molar-refractivity contribution in [3.8, 4) is 5.75 Å². The number of methoxy groups -OCH3 is 2. The molecule has 1 fully saturated rings. The number of hydrogen-bond donors (Lipinski definition) is 1. The van der Waals surface area contributed by atoms with E-state index in [1.165, 1.54) is 24.0 Å². The Kier molecular flexibility index (Phi) is 4.95. The largest absolute Gasteiger partial charge is 0.496 e. The van der Waals surface area contributed by atoms with Crippen molar-refractivity contribution in [2.45, 2.75) is 58.1 Å². The summed E-state index contributed by atoms with van der Waals surface area (Å²) in [7, 11) is 3.51. The maximum Gasteiger partial charge on any atom is 0.124 e. The van der Waals surface area contributed by atoms with E-state index in [0.717, 1.165) is 30.1 Å². The molecule has 1 atom stereocenters. The maximum atomic E-state index is 6.68. The zero-order valence-corrected chi connectivity index (χ0v) is 14.0. The molecule has 0 saturated heterocycles. The van der Waals surface area contributed by atoms with Gasteiger partial charge in [0.1, 0.15) is 5.75 Å². The van der Waals surface area contributed by atoms with Crippen LogP contribution < -0.4 is 10.5 Å². The van der Waals surface area contributed by atoms with Crippen molar-refractivity contribution in [2.75, 3.05) is 14.2 Å². The van der Waals surface area contributed by atoms with Crippen molar-refractivity contribution in [3.05, 3.63) is 28.8 Å². The van der Waals surface area contributed by atoms with Gasteiger partial charge in [-0.2, -0.15) is 0 Å². The molecule has 21 heavy (non-hydrogen) atoms. The predicted molar refractivity (Wildman–Crippen MR) is 86.8 cm³/mol. The monoisotopic (exact) mass is 291 g/mol. The molecule has 1 saturated carbocycles. The van der Waals surface area contributed by atoms with Gasteiger partial charge in [0.25, 0.3) is 0 Å². The highest BCUT2D eigenvalue weighted by Gasteiger charge is 2.42. The molecule has 0 amide bonds. The van der Waals surface area contributed by atoms with Crippen LogP contribution in [-0.2, 0) is 4.74 Å². The van der Waals surface area contributed by atoms with Crippen LogP contribution in [0.15, 0.2) is 12.1 Å². The lowest BCUT2D eigenvalue weighted by molar-refractivity contribution is -0.0676. The molecule has 1 aromatic rings. The van der Waals surface area contributed by atoms with Gasteiger partial charge in [-0.25, -0.2) is 0 Å². The molecule has 0 aliphatic heterocycles. The zero-order chi connectivity index (χ0) is 15.6. The minimum Gasteiger partial charge on any atom is -0.496 e. The van der Waals surface area contributed by atoms with Crippen LogP contribution in [0.3, 0.4) is 0 Å². The Morgan fingerprint density at radius 3 is 2.33 bits per heavy atom. The number of nitrogens with two attached hydrogens (primary N) is 1. The SMILES string of the molecule is COc1cc(C)cc(C)c1C(N)C1(OC)CCC(C)CC1. The second kappa shape index (κ2) is 6.37. The number of ether oxygens (including phenoxy) is 2. The first-order valence-corrected chi connectivity index (χ1v) is 7.89. The van der Waals surface area contributed by atoms with Crippen LogP contribution in [0.5, 0.6) is 5.75 Å². The van der Waals surface area contributed by atoms with Gasteiger partial charge in [0.2, 0.25) is 0 Å². The van der Waals surface area contributed by atoms with Gasteiger partial charge in [-0.05, 0) is 62.6 Å². The Labute approximate surface area is 128 Å². The summed E-state index contributed by atoms with van der Waals surface area (Å²) in [5.74, 6) is 1.65. The molecule has 0 radical (unpaired) electrons. The van der Waals surface area contributed by atoms with Gasteiger partial charge < -0.3 is 15.2 Å². The molecule has 1 aromatic carbocycles. The molecule has 118 valence electrons. The van der Waals surface area contributed by atoms with E-state index in [9.17, 15) is 0 Å². The maximum absolute atomic E-state index is 6.68. The lowest BCUT2D eigenvalue weighted by atomic mass is 9.73. The third-order valence-corrected chi connectivity index (χ3v) is 5.12. The smallest absolute Gasteiger partial charge is 0.124 e. The van der Waals surface area contributed by atoms with E-state index in [-0.39, 0.29) is 11.6 Å². The molecular formula is C18H29NO2. The Morgan fingerprint density at radius 2 is 1.81 bits per heavy atom. The van der Waals surface area contributed by atoms with Crippen LogP contribution in [-0.4, -0.2) is 19.8 Å². The number of aryl methyl sites for hydroxylation is 2. The Bertz CT molecular complexity index is 490. The molecular weight excluding hydrogens is 262 g/mol. The third kappa shape index (κ3) is 3.09. The van der Waals surface area contributed by atoms with Crippen LogP contribution in [0.4, 0.5) is 0 Å². The predicted octanol–water partition coefficient (Wildman–Crippen LogP) is 3.91. The molecule has 2 N–H and O–H groups in total. The third-order valence-electron chi connectivity index (χ3n) is 5.12. The summed E-state index contributed by atoms with van der Waals surface area (Å²) in [5, 5.41) is 0. The normalized spacial score (nSPS) is 27.4. The van der Waals surface area contributed by atoms with E-state index in [0.29, 0.717) is 0 Å². The number of rotatable bonds is 4. The molecule has 1 aliphatic rings. The van der Waals surface area contributed by atoms with Crippen LogP contribution in [0.25, 0.3) is 0 Å². The van der Waals surface area contributed by atoms with Crippen molar-refractivity contribution in [2.24, 2.45) is 11.7 Å². The minimum absolute atomic E-state index is 0.148. The van der Waals surface area contributed by atoms with Gasteiger partial charge in [-0.3, -0.25) is 0 Å². The van der Waals surface area contributed by atoms with Crippen molar-refractivity contribution in [1.29, 1.82) is 0 Å². The first kappa shape index (κ1) is 16.3. The van der Waals surface area contributed by atoms with Crippen LogP contribution >= 0.6 is 0 Å². The molecule has 0 heterocycles. The van der Waals surface area contributed by atoms with Crippen molar-refractivity contribution in [3.63, 3.8) is 0 Å². The Hall–Kier alpha value is -1.06. The summed E-state index contributed by atoms with van der Waals surface area (Å²) < 4.78 is 11.5. The molecule has 0 bridgehead atoms. The van der Waals surface area contributed by atoms with Gasteiger partial charge in [0.15, 0.2) is 0 Å². The highest BCUT2D eigenvalue weighted by molar-refractivity contribution is 5.46. The van der Waals surface area contributed by atoms with Gasteiger partial charge in [-0.1, -0.05) is 13.0 Å². The number of hydrogen-bond acceptors (Lipinski definition) is 3. The Balaban J connectivity index is 2.40. The van der Waals surface area contributed by atoms with Gasteiger partial charge in [-0.15, -0.1) is 0 Å². The van der Waals surface area contributed by atoms with E-state index < -0.39 is 0 Å². The lowest BCUT2D eigenvalue weighted by Gasteiger charge is -2.43. The van der Waals surface area contributed by atoms with Gasteiger partial charge >= 0.3 is 0 Å². The van der Waals surface area contributed by atoms with E-state index >= 15 is 0 Å². The van der Waals surface area contributed by atoms with Crippen molar-refractivity contribution >= 4 is 0 Å². The van der Waals surface area contributed by atoms with E-state index in [4.69, 9.17) is 15.2 Å². The highest BCUT2D eigenvalue weighted by Crippen LogP contribution is 2.44. The van der Waals surface area contributed by atoms with E-state index in [2.05, 4.69) is 32.9 Å². The van der Waals surface area contributed by atoms with Gasteiger partial charge in [0.05, 0.1) is 18.8 Å². The molecule has 3 heteroatoms. The number of benzene rings is 1. The fraction of sp³-hybridized carbons (Fsp3) is 0.667. The molecule has 0 spiro atoms. The summed E-state index contributed by atoms with van der Waals surface area (Å²) in [6, 6.07) is 4.09. The molecule has 1 aliphatic carbocycles. The highest BCUT2D eigenvalue weighted by atomic mass is 16.5. The molecule has 3 nitrogen and oxygen atoms in total. The first-order valence-electron chi connectivity index (χ1n) is 7.89. The first-order chi connectivity index (χ1) is 9.93. The summed E-state index contributed by atoms with van der Waals surface area (Å²) >= 11 is 0. The van der Waals surface area contributed by atoms with E-state index in [1.807, 2.05) is 0 Å². The van der Waals surface area contributed by atoms with Crippen LogP contribution in [0.1, 0.15) is 55.3 Å². The van der Waals surface area contributed by atoms with Gasteiger partial charge in [0, 0.05) is 12.7 Å². The van der Waals surface area contributed by atoms with E-state index in [1.54, 1.807) is 14.2 Å². The Morgan fingerprint density at radius 1 is 1.19 bits per heavy atom. The summed E-state index contributed by atoms with van der Waals surface area (Å²) in [4.78, 5) is 0. The summed E-state index contributed by atoms with van der Waals surface area (Å²) in [6.07, 6.45) is 4.38. The zero-order valence-electron chi connectivity index (χ0n) is 14.0. The minimum atomic E-state index is -0.264. The quantitative estimate of drug-likeness (QED) is 0.914. The fourth-order valence-corrected chi connectivity index (χ4v) is 3.66. The lowest BCUT2D eigenvalue weighted by Crippen LogP contribution is -2.46. The summed E-state index contributed by atoms with van der Waals surface area (Å²) in [6.45, 7) is 6.50. The molecule has 0 aromatic heterocycles. The second-order valence-electron chi connectivity index (χ2n) is 6.63. The van der Waals surface area contributed by atoms with Crippen molar-refractivity contribution in [1.82, 2.24) is 0 Å². The fourth-order valence-electron chi connectivity index (χ4n) is 3.66.